The summed E-state index contributed by atoms with van der Waals surface area (Å²) in [6.07, 6.45) is 4.83. The molecule has 0 radical (unpaired) electrons. The van der Waals surface area contributed by atoms with Crippen LogP contribution in [0.4, 0.5) is 5.69 Å². The van der Waals surface area contributed by atoms with Crippen LogP contribution in [0.3, 0.4) is 0 Å². The Morgan fingerprint density at radius 2 is 1.84 bits per heavy atom. The molecule has 5 rings (SSSR count). The lowest BCUT2D eigenvalue weighted by Gasteiger charge is -2.18. The van der Waals surface area contributed by atoms with Crippen LogP contribution in [0.2, 0.25) is 0 Å². The first-order valence-electron chi connectivity index (χ1n) is 10.2. The summed E-state index contributed by atoms with van der Waals surface area (Å²) in [5.74, 6) is 0.176. The Balaban J connectivity index is 1.45. The molecular formula is C24H20N6O2. The molecule has 158 valence electrons. The lowest BCUT2D eigenvalue weighted by molar-refractivity contribution is 0.0949. The van der Waals surface area contributed by atoms with Gasteiger partial charge in [0.1, 0.15) is 12.2 Å². The van der Waals surface area contributed by atoms with E-state index in [0.29, 0.717) is 30.0 Å². The highest BCUT2D eigenvalue weighted by Crippen LogP contribution is 2.40. The number of amides is 2. The molecule has 0 saturated carbocycles. The van der Waals surface area contributed by atoms with Crippen LogP contribution in [0, 0.1) is 0 Å². The van der Waals surface area contributed by atoms with E-state index in [2.05, 4.69) is 25.5 Å². The first-order valence-corrected chi connectivity index (χ1v) is 10.2. The lowest BCUT2D eigenvalue weighted by Crippen LogP contribution is -2.30. The molecule has 1 aliphatic heterocycles. The number of nitrogens with one attached hydrogen (secondary N) is 2. The number of carbonyl (C=O) groups is 2. The number of aromatic nitrogens is 4. The van der Waals surface area contributed by atoms with Gasteiger partial charge in [-0.25, -0.2) is 4.98 Å². The number of rotatable bonds is 5. The average molecular weight is 424 g/mol. The number of nitrogens with zero attached hydrogens (tertiary/aromatic N) is 4. The van der Waals surface area contributed by atoms with Crippen LogP contribution in [-0.4, -0.2) is 38.5 Å². The van der Waals surface area contributed by atoms with Gasteiger partial charge < -0.3 is 10.2 Å². The van der Waals surface area contributed by atoms with E-state index in [9.17, 15) is 9.59 Å². The number of fused-ring (bicyclic) bond motifs is 1. The minimum atomic E-state index is -0.201. The average Bonchev–Trinajstić information content (AvgIpc) is 3.51. The van der Waals surface area contributed by atoms with Crippen molar-refractivity contribution in [2.24, 2.45) is 0 Å². The predicted octanol–water partition coefficient (Wildman–Crippen LogP) is 2.92. The van der Waals surface area contributed by atoms with Gasteiger partial charge in [-0.3, -0.25) is 19.7 Å². The zero-order valence-electron chi connectivity index (χ0n) is 17.1. The molecule has 2 N–H and O–H groups in total. The fraction of sp³-hybridized carbons (Fsp3) is 0.125. The Morgan fingerprint density at radius 1 is 1.03 bits per heavy atom. The van der Waals surface area contributed by atoms with E-state index in [0.717, 1.165) is 16.8 Å². The van der Waals surface area contributed by atoms with Crippen LogP contribution in [-0.2, 0) is 6.54 Å². The molecular weight excluding hydrogens is 404 g/mol. The number of H-pyrrole nitrogens is 1. The van der Waals surface area contributed by atoms with Gasteiger partial charge in [0.25, 0.3) is 11.8 Å². The Kier molecular flexibility index (Phi) is 5.17. The monoisotopic (exact) mass is 424 g/mol. The van der Waals surface area contributed by atoms with Gasteiger partial charge in [0.05, 0.1) is 5.92 Å². The van der Waals surface area contributed by atoms with E-state index in [1.165, 1.54) is 6.33 Å². The minimum Gasteiger partial charge on any atom is -0.348 e. The number of hydrogen-bond acceptors (Lipinski definition) is 5. The molecule has 4 aromatic rings. The number of hydrogen-bond donors (Lipinski definition) is 2. The molecule has 3 heterocycles. The van der Waals surface area contributed by atoms with Crippen LogP contribution >= 0.6 is 0 Å². The molecule has 0 aliphatic carbocycles. The molecule has 2 aromatic heterocycles. The van der Waals surface area contributed by atoms with Gasteiger partial charge in [0.15, 0.2) is 0 Å². The summed E-state index contributed by atoms with van der Waals surface area (Å²) < 4.78 is 0. The topological polar surface area (TPSA) is 104 Å². The molecule has 1 atom stereocenters. The zero-order valence-corrected chi connectivity index (χ0v) is 17.1. The second kappa shape index (κ2) is 8.43. The van der Waals surface area contributed by atoms with Gasteiger partial charge in [0, 0.05) is 42.3 Å². The van der Waals surface area contributed by atoms with E-state index >= 15 is 0 Å². The minimum absolute atomic E-state index is 0.0937. The Labute approximate surface area is 184 Å². The molecule has 1 aliphatic rings. The maximum absolute atomic E-state index is 13.2. The maximum Gasteiger partial charge on any atom is 0.258 e. The number of aromatic amines is 1. The van der Waals surface area contributed by atoms with E-state index in [-0.39, 0.29) is 17.7 Å². The van der Waals surface area contributed by atoms with Crippen LogP contribution in [0.1, 0.15) is 43.6 Å². The molecule has 0 bridgehead atoms. The van der Waals surface area contributed by atoms with Crippen molar-refractivity contribution in [3.63, 3.8) is 0 Å². The fourth-order valence-electron chi connectivity index (χ4n) is 3.93. The molecule has 0 saturated heterocycles. The van der Waals surface area contributed by atoms with Crippen LogP contribution in [0.25, 0.3) is 0 Å². The van der Waals surface area contributed by atoms with E-state index < -0.39 is 0 Å². The molecule has 2 aromatic carbocycles. The highest BCUT2D eigenvalue weighted by atomic mass is 16.2. The van der Waals surface area contributed by atoms with E-state index in [1.807, 2.05) is 42.5 Å². The smallest absolute Gasteiger partial charge is 0.258 e. The zero-order chi connectivity index (χ0) is 21.9. The first-order chi connectivity index (χ1) is 15.7. The third kappa shape index (κ3) is 3.74. The summed E-state index contributed by atoms with van der Waals surface area (Å²) in [5.41, 5.74) is 3.73. The van der Waals surface area contributed by atoms with E-state index in [1.54, 1.807) is 35.5 Å². The Morgan fingerprint density at radius 3 is 2.59 bits per heavy atom. The molecule has 32 heavy (non-hydrogen) atoms. The normalized spacial score (nSPS) is 14.8. The molecule has 8 heteroatoms. The Bertz CT molecular complexity index is 1240. The summed E-state index contributed by atoms with van der Waals surface area (Å²) in [6.45, 7) is 0.822. The summed E-state index contributed by atoms with van der Waals surface area (Å²) in [7, 11) is 0. The third-order valence-corrected chi connectivity index (χ3v) is 5.55. The maximum atomic E-state index is 13.2. The molecule has 8 nitrogen and oxygen atoms in total. The second-order valence-electron chi connectivity index (χ2n) is 7.52. The standard InChI is InChI=1S/C24H20N6O2/c31-23(26-13-16-8-10-25-11-9-16)18-6-7-21-19(12-18)20(22-27-15-28-29-22)14-30(21)24(32)17-4-2-1-3-5-17/h1-12,15,20H,13-14H2,(H,26,31)(H,27,28,29). The number of anilines is 1. The predicted molar refractivity (Wildman–Crippen MR) is 118 cm³/mol. The van der Waals surface area contributed by atoms with Crippen molar-refractivity contribution in [3.8, 4) is 0 Å². The summed E-state index contributed by atoms with van der Waals surface area (Å²) in [4.78, 5) is 36.0. The number of carbonyl (C=O) groups excluding carboxylic acids is 2. The van der Waals surface area contributed by atoms with Crippen molar-refractivity contribution in [2.45, 2.75) is 12.5 Å². The van der Waals surface area contributed by atoms with Crippen molar-refractivity contribution in [2.75, 3.05) is 11.4 Å². The highest BCUT2D eigenvalue weighted by molar-refractivity contribution is 6.08. The van der Waals surface area contributed by atoms with Crippen LogP contribution < -0.4 is 10.2 Å². The molecule has 1 unspecified atom stereocenters. The van der Waals surface area contributed by atoms with Crippen LogP contribution in [0.15, 0.2) is 79.4 Å². The van der Waals surface area contributed by atoms with Gasteiger partial charge in [0.2, 0.25) is 0 Å². The van der Waals surface area contributed by atoms with Crippen LogP contribution in [0.5, 0.6) is 0 Å². The van der Waals surface area contributed by atoms with Crippen molar-refractivity contribution in [3.05, 3.63) is 107 Å². The Hall–Kier alpha value is -4.33. The lowest BCUT2D eigenvalue weighted by atomic mass is 9.98. The summed E-state index contributed by atoms with van der Waals surface area (Å²) in [5, 5.41) is 9.81. The second-order valence-corrected chi connectivity index (χ2v) is 7.52. The summed E-state index contributed by atoms with van der Waals surface area (Å²) >= 11 is 0. The first kappa shape index (κ1) is 19.6. The van der Waals surface area contributed by atoms with Crippen molar-refractivity contribution in [1.29, 1.82) is 0 Å². The number of benzene rings is 2. The van der Waals surface area contributed by atoms with Crippen molar-refractivity contribution in [1.82, 2.24) is 25.5 Å². The SMILES string of the molecule is O=C(NCc1ccncc1)c1ccc2c(c1)C(c1ncn[nH]1)CN2C(=O)c1ccccc1. The van der Waals surface area contributed by atoms with Gasteiger partial charge in [-0.2, -0.15) is 5.10 Å². The fourth-order valence-corrected chi connectivity index (χ4v) is 3.93. The van der Waals surface area contributed by atoms with Gasteiger partial charge in [-0.15, -0.1) is 0 Å². The van der Waals surface area contributed by atoms with E-state index in [4.69, 9.17) is 0 Å². The molecule has 0 fully saturated rings. The van der Waals surface area contributed by atoms with Gasteiger partial charge in [-0.05, 0) is 53.6 Å². The largest absolute Gasteiger partial charge is 0.348 e. The number of pyridine rings is 1. The van der Waals surface area contributed by atoms with Crippen molar-refractivity contribution < 1.29 is 9.59 Å². The van der Waals surface area contributed by atoms with Crippen molar-refractivity contribution >= 4 is 17.5 Å². The molecule has 0 spiro atoms. The summed E-state index contributed by atoms with van der Waals surface area (Å²) in [6, 6.07) is 18.3. The van der Waals surface area contributed by atoms with Gasteiger partial charge in [-0.1, -0.05) is 18.2 Å². The quantitative estimate of drug-likeness (QED) is 0.513. The van der Waals surface area contributed by atoms with Gasteiger partial charge >= 0.3 is 0 Å². The third-order valence-electron chi connectivity index (χ3n) is 5.55. The molecule has 2 amide bonds. The highest BCUT2D eigenvalue weighted by Gasteiger charge is 2.35.